The minimum absolute atomic E-state index is 0.186. The quantitative estimate of drug-likeness (QED) is 0.422. The molecule has 2 aromatic rings. The van der Waals surface area contributed by atoms with Crippen molar-refractivity contribution < 1.29 is 14.0 Å². The molecule has 2 fully saturated rings. The van der Waals surface area contributed by atoms with Crippen LogP contribution in [-0.2, 0) is 9.59 Å². The second-order valence-electron chi connectivity index (χ2n) is 7.42. The van der Waals surface area contributed by atoms with Crippen LogP contribution in [0.25, 0.3) is 11.3 Å². The van der Waals surface area contributed by atoms with Crippen molar-refractivity contribution in [2.75, 3.05) is 0 Å². The van der Waals surface area contributed by atoms with Gasteiger partial charge in [-0.2, -0.15) is 10.1 Å². The van der Waals surface area contributed by atoms with Crippen molar-refractivity contribution >= 4 is 34.0 Å². The first-order valence-corrected chi connectivity index (χ1v) is 9.79. The molecule has 4 atom stereocenters. The summed E-state index contributed by atoms with van der Waals surface area (Å²) >= 11 is 3.55. The molecule has 1 aromatic carbocycles. The molecule has 0 N–H and O–H groups in total. The van der Waals surface area contributed by atoms with Gasteiger partial charge >= 0.3 is 0 Å². The van der Waals surface area contributed by atoms with Gasteiger partial charge in [0.05, 0.1) is 18.1 Å². The van der Waals surface area contributed by atoms with Gasteiger partial charge < -0.3 is 4.42 Å². The number of carbonyl (C=O) groups is 2. The number of allylic oxidation sites excluding steroid dienone is 2. The van der Waals surface area contributed by atoms with Gasteiger partial charge in [0.2, 0.25) is 0 Å². The Bertz CT molecular complexity index is 992. The molecular formula is C21H17BrN2O3. The second kappa shape index (κ2) is 6.02. The normalized spacial score (nSPS) is 28.7. The molecular weight excluding hydrogens is 408 g/mol. The Morgan fingerprint density at radius 1 is 1.11 bits per heavy atom. The first-order chi connectivity index (χ1) is 13.0. The lowest BCUT2D eigenvalue weighted by atomic mass is 9.85. The highest BCUT2D eigenvalue weighted by molar-refractivity contribution is 9.10. The van der Waals surface area contributed by atoms with E-state index in [1.54, 1.807) is 6.07 Å². The van der Waals surface area contributed by atoms with E-state index >= 15 is 0 Å². The average Bonchev–Trinajstić information content (AvgIpc) is 3.39. The maximum Gasteiger partial charge on any atom is 0.254 e. The number of benzene rings is 1. The average molecular weight is 425 g/mol. The van der Waals surface area contributed by atoms with Gasteiger partial charge in [0.25, 0.3) is 11.8 Å². The maximum absolute atomic E-state index is 12.6. The Morgan fingerprint density at radius 3 is 2.48 bits per heavy atom. The molecule has 0 spiro atoms. The van der Waals surface area contributed by atoms with Crippen molar-refractivity contribution in [2.45, 2.75) is 13.3 Å². The zero-order chi connectivity index (χ0) is 18.7. The number of aryl methyl sites for hydroxylation is 1. The number of hydrazone groups is 1. The largest absolute Gasteiger partial charge is 0.455 e. The van der Waals surface area contributed by atoms with Crippen LogP contribution in [0.5, 0.6) is 0 Å². The second-order valence-corrected chi connectivity index (χ2v) is 8.27. The smallest absolute Gasteiger partial charge is 0.254 e. The summed E-state index contributed by atoms with van der Waals surface area (Å²) < 4.78 is 6.77. The zero-order valence-corrected chi connectivity index (χ0v) is 16.2. The molecule has 2 bridgehead atoms. The third-order valence-corrected chi connectivity index (χ3v) is 6.42. The monoisotopic (exact) mass is 424 g/mol. The van der Waals surface area contributed by atoms with Gasteiger partial charge in [0.1, 0.15) is 11.5 Å². The molecule has 1 aliphatic heterocycles. The predicted molar refractivity (Wildman–Crippen MR) is 104 cm³/mol. The Balaban J connectivity index is 1.37. The van der Waals surface area contributed by atoms with E-state index in [4.69, 9.17) is 4.42 Å². The van der Waals surface area contributed by atoms with E-state index in [-0.39, 0.29) is 35.5 Å². The third-order valence-electron chi connectivity index (χ3n) is 5.76. The van der Waals surface area contributed by atoms with Crippen LogP contribution in [-0.4, -0.2) is 23.0 Å². The summed E-state index contributed by atoms with van der Waals surface area (Å²) in [5, 5.41) is 5.19. The van der Waals surface area contributed by atoms with E-state index in [1.165, 1.54) is 6.21 Å². The van der Waals surface area contributed by atoms with Crippen molar-refractivity contribution in [3.05, 3.63) is 58.3 Å². The molecule has 1 aromatic heterocycles. The van der Waals surface area contributed by atoms with Gasteiger partial charge in [0.15, 0.2) is 0 Å². The van der Waals surface area contributed by atoms with Crippen LogP contribution in [0.4, 0.5) is 0 Å². The lowest BCUT2D eigenvalue weighted by molar-refractivity contribution is -0.140. The lowest BCUT2D eigenvalue weighted by Gasteiger charge is -2.13. The Hall–Kier alpha value is -2.47. The Labute approximate surface area is 164 Å². The molecule has 27 heavy (non-hydrogen) atoms. The molecule has 0 radical (unpaired) electrons. The number of rotatable bonds is 3. The van der Waals surface area contributed by atoms with E-state index in [1.807, 2.05) is 31.2 Å². The van der Waals surface area contributed by atoms with E-state index in [2.05, 4.69) is 33.2 Å². The number of carbonyl (C=O) groups excluding carboxylic acids is 2. The number of nitrogens with zero attached hydrogens (tertiary/aromatic N) is 2. The van der Waals surface area contributed by atoms with Crippen LogP contribution < -0.4 is 0 Å². The highest BCUT2D eigenvalue weighted by Crippen LogP contribution is 2.52. The SMILES string of the molecule is Cc1ccc(-c2ccc(C=NN3C(=O)C4C5C=CC(C5)C4C3=O)o2)c(Br)c1. The molecule has 5 rings (SSSR count). The van der Waals surface area contributed by atoms with Gasteiger partial charge in [0, 0.05) is 10.0 Å². The number of fused-ring (bicyclic) bond motifs is 5. The fraction of sp³-hybridized carbons (Fsp3) is 0.286. The minimum atomic E-state index is -0.236. The van der Waals surface area contributed by atoms with Crippen LogP contribution in [0.3, 0.4) is 0 Å². The van der Waals surface area contributed by atoms with Gasteiger partial charge in [-0.15, -0.1) is 0 Å². The molecule has 1 saturated carbocycles. The summed E-state index contributed by atoms with van der Waals surface area (Å²) in [5.41, 5.74) is 2.09. The van der Waals surface area contributed by atoms with Crippen molar-refractivity contribution in [1.82, 2.24) is 5.01 Å². The van der Waals surface area contributed by atoms with Crippen molar-refractivity contribution in [2.24, 2.45) is 28.8 Å². The van der Waals surface area contributed by atoms with Crippen LogP contribution >= 0.6 is 15.9 Å². The number of furan rings is 1. The summed E-state index contributed by atoms with van der Waals surface area (Å²) in [6.45, 7) is 2.02. The lowest BCUT2D eigenvalue weighted by Crippen LogP contribution is -2.28. The summed E-state index contributed by atoms with van der Waals surface area (Å²) in [6, 6.07) is 9.65. The molecule has 6 heteroatoms. The van der Waals surface area contributed by atoms with Gasteiger partial charge in [-0.05, 0) is 55.0 Å². The Kier molecular flexibility index (Phi) is 3.72. The minimum Gasteiger partial charge on any atom is -0.455 e. The van der Waals surface area contributed by atoms with Crippen LogP contribution in [0, 0.1) is 30.6 Å². The number of amides is 2. The van der Waals surface area contributed by atoms with Crippen LogP contribution in [0.15, 0.2) is 56.5 Å². The molecule has 1 saturated heterocycles. The standard InChI is InChI=1S/C21H17BrN2O3/c1-11-2-6-15(16(22)8-11)17-7-5-14(27-17)10-23-24-20(25)18-12-3-4-13(9-12)19(18)21(24)26/h2-8,10,12-13,18-19H,9H2,1H3. The fourth-order valence-corrected chi connectivity index (χ4v) is 5.19. The number of imide groups is 1. The highest BCUT2D eigenvalue weighted by Gasteiger charge is 2.59. The van der Waals surface area contributed by atoms with E-state index in [0.29, 0.717) is 11.5 Å². The van der Waals surface area contributed by atoms with Crippen LogP contribution in [0.2, 0.25) is 0 Å². The first-order valence-electron chi connectivity index (χ1n) is 8.99. The zero-order valence-electron chi connectivity index (χ0n) is 14.6. The first kappa shape index (κ1) is 16.7. The fourth-order valence-electron chi connectivity index (χ4n) is 4.50. The van der Waals surface area contributed by atoms with Gasteiger partial charge in [-0.3, -0.25) is 9.59 Å². The summed E-state index contributed by atoms with van der Waals surface area (Å²) in [5.74, 6) is 0.715. The Morgan fingerprint density at radius 2 is 1.81 bits per heavy atom. The molecule has 2 aliphatic carbocycles. The van der Waals surface area contributed by atoms with Gasteiger partial charge in [-0.25, -0.2) is 0 Å². The molecule has 4 unspecified atom stereocenters. The number of halogens is 1. The van der Waals surface area contributed by atoms with Crippen molar-refractivity contribution in [1.29, 1.82) is 0 Å². The molecule has 2 heterocycles. The maximum atomic E-state index is 12.6. The van der Waals surface area contributed by atoms with E-state index in [0.717, 1.165) is 27.0 Å². The van der Waals surface area contributed by atoms with Gasteiger partial charge in [-0.1, -0.05) is 34.1 Å². The van der Waals surface area contributed by atoms with E-state index < -0.39 is 0 Å². The molecule has 3 aliphatic rings. The topological polar surface area (TPSA) is 62.9 Å². The molecule has 136 valence electrons. The number of hydrogen-bond acceptors (Lipinski definition) is 4. The van der Waals surface area contributed by atoms with Crippen molar-refractivity contribution in [3.8, 4) is 11.3 Å². The van der Waals surface area contributed by atoms with Crippen LogP contribution in [0.1, 0.15) is 17.7 Å². The predicted octanol–water partition coefficient (Wildman–Crippen LogP) is 4.16. The molecule has 2 amide bonds. The molecule has 5 nitrogen and oxygen atoms in total. The van der Waals surface area contributed by atoms with E-state index in [9.17, 15) is 9.59 Å². The third kappa shape index (κ3) is 2.54. The summed E-state index contributed by atoms with van der Waals surface area (Å²) in [4.78, 5) is 25.3. The highest BCUT2D eigenvalue weighted by atomic mass is 79.9. The summed E-state index contributed by atoms with van der Waals surface area (Å²) in [7, 11) is 0. The summed E-state index contributed by atoms with van der Waals surface area (Å²) in [6.07, 6.45) is 6.50. The van der Waals surface area contributed by atoms with Crippen molar-refractivity contribution in [3.63, 3.8) is 0 Å². The number of hydrogen-bond donors (Lipinski definition) is 0.